The normalized spacial score (nSPS) is 11.1. The lowest BCUT2D eigenvalue weighted by Gasteiger charge is -2.12. The molecule has 0 saturated heterocycles. The topological polar surface area (TPSA) is 92.3 Å². The number of unbranched alkanes of at least 4 members (excludes halogenated alkanes) is 1. The van der Waals surface area contributed by atoms with Gasteiger partial charge in [-0.1, -0.05) is 43.2 Å². The molecule has 0 radical (unpaired) electrons. The lowest BCUT2D eigenvalue weighted by Crippen LogP contribution is -2.15. The fraction of sp³-hybridized carbons (Fsp3) is 0.250. The van der Waals surface area contributed by atoms with Crippen molar-refractivity contribution in [3.8, 4) is 17.4 Å². The van der Waals surface area contributed by atoms with E-state index in [4.69, 9.17) is 9.15 Å². The van der Waals surface area contributed by atoms with Crippen molar-refractivity contribution in [1.82, 2.24) is 0 Å². The number of rotatable bonds is 8. The lowest BCUT2D eigenvalue weighted by molar-refractivity contribution is -0.112. The maximum atomic E-state index is 12.7. The van der Waals surface area contributed by atoms with Gasteiger partial charge in [0.05, 0.1) is 12.2 Å². The number of aryl methyl sites for hydroxylation is 3. The predicted octanol–water partition coefficient (Wildman–Crippen LogP) is 6.37. The zero-order valence-electron chi connectivity index (χ0n) is 19.9. The molecule has 0 saturated carbocycles. The average molecular weight is 457 g/mol. The van der Waals surface area contributed by atoms with Gasteiger partial charge in [0.15, 0.2) is 0 Å². The van der Waals surface area contributed by atoms with E-state index < -0.39 is 5.91 Å². The third-order valence-corrected chi connectivity index (χ3v) is 5.33. The van der Waals surface area contributed by atoms with Gasteiger partial charge in [-0.05, 0) is 62.6 Å². The number of esters is 1. The second-order valence-corrected chi connectivity index (χ2v) is 8.17. The number of amides is 1. The summed E-state index contributed by atoms with van der Waals surface area (Å²) in [6.07, 6.45) is 3.21. The van der Waals surface area contributed by atoms with Crippen LogP contribution in [-0.4, -0.2) is 18.5 Å². The zero-order chi connectivity index (χ0) is 24.7. The summed E-state index contributed by atoms with van der Waals surface area (Å²) < 4.78 is 11.0. The molecule has 1 heterocycles. The molecule has 1 aromatic heterocycles. The first kappa shape index (κ1) is 24.5. The van der Waals surface area contributed by atoms with E-state index in [0.29, 0.717) is 29.4 Å². The number of carbonyl (C=O) groups excluding carboxylic acids is 2. The summed E-state index contributed by atoms with van der Waals surface area (Å²) in [5.74, 6) is 0.0791. The minimum atomic E-state index is -0.499. The molecule has 3 rings (SSSR count). The second-order valence-electron chi connectivity index (χ2n) is 8.17. The SMILES string of the molecule is CCCCOC(=O)c1ccc(-c2ccc(/C=C(\C#N)C(=O)Nc3c(C)cc(C)cc3C)o2)cc1. The summed E-state index contributed by atoms with van der Waals surface area (Å²) in [6.45, 7) is 8.27. The minimum absolute atomic E-state index is 0.0644. The molecule has 0 bridgehead atoms. The largest absolute Gasteiger partial charge is 0.462 e. The molecular formula is C28H28N2O4. The Labute approximate surface area is 199 Å². The number of nitrogens with zero attached hydrogens (tertiary/aromatic N) is 1. The van der Waals surface area contributed by atoms with E-state index in [0.717, 1.165) is 35.1 Å². The molecule has 174 valence electrons. The van der Waals surface area contributed by atoms with Crippen LogP contribution in [0.3, 0.4) is 0 Å². The summed E-state index contributed by atoms with van der Waals surface area (Å²) >= 11 is 0. The van der Waals surface area contributed by atoms with Gasteiger partial charge >= 0.3 is 5.97 Å². The molecule has 1 amide bonds. The molecule has 0 unspecified atom stereocenters. The van der Waals surface area contributed by atoms with Gasteiger partial charge in [0.2, 0.25) is 0 Å². The van der Waals surface area contributed by atoms with Crippen molar-refractivity contribution in [3.63, 3.8) is 0 Å². The first-order valence-corrected chi connectivity index (χ1v) is 11.2. The van der Waals surface area contributed by atoms with Crippen LogP contribution in [0, 0.1) is 32.1 Å². The molecule has 0 spiro atoms. The van der Waals surface area contributed by atoms with Gasteiger partial charge in [0.1, 0.15) is 23.2 Å². The Morgan fingerprint density at radius 2 is 1.74 bits per heavy atom. The highest BCUT2D eigenvalue weighted by Crippen LogP contribution is 2.25. The maximum Gasteiger partial charge on any atom is 0.338 e. The van der Waals surface area contributed by atoms with Crippen LogP contribution in [0.2, 0.25) is 0 Å². The Morgan fingerprint density at radius 3 is 2.35 bits per heavy atom. The van der Waals surface area contributed by atoms with E-state index in [1.165, 1.54) is 6.08 Å². The van der Waals surface area contributed by atoms with Crippen molar-refractivity contribution < 1.29 is 18.7 Å². The molecule has 2 aromatic carbocycles. The van der Waals surface area contributed by atoms with E-state index in [2.05, 4.69) is 5.32 Å². The summed E-state index contributed by atoms with van der Waals surface area (Å²) in [4.78, 5) is 24.8. The van der Waals surface area contributed by atoms with Crippen LogP contribution in [0.5, 0.6) is 0 Å². The van der Waals surface area contributed by atoms with Crippen molar-refractivity contribution in [2.75, 3.05) is 11.9 Å². The Balaban J connectivity index is 1.73. The third-order valence-electron chi connectivity index (χ3n) is 5.33. The molecular weight excluding hydrogens is 428 g/mol. The van der Waals surface area contributed by atoms with Crippen LogP contribution < -0.4 is 5.32 Å². The highest BCUT2D eigenvalue weighted by molar-refractivity contribution is 6.10. The number of hydrogen-bond acceptors (Lipinski definition) is 5. The molecule has 0 aliphatic heterocycles. The van der Waals surface area contributed by atoms with E-state index in [9.17, 15) is 14.9 Å². The molecule has 0 atom stereocenters. The van der Waals surface area contributed by atoms with Crippen LogP contribution in [-0.2, 0) is 9.53 Å². The maximum absolute atomic E-state index is 12.7. The van der Waals surface area contributed by atoms with Crippen LogP contribution in [0.25, 0.3) is 17.4 Å². The van der Waals surface area contributed by atoms with Crippen LogP contribution in [0.1, 0.15) is 52.6 Å². The molecule has 6 heteroatoms. The molecule has 6 nitrogen and oxygen atoms in total. The van der Waals surface area contributed by atoms with Crippen LogP contribution in [0.15, 0.2) is 58.5 Å². The summed E-state index contributed by atoms with van der Waals surface area (Å²) in [5, 5.41) is 12.4. The molecule has 3 aromatic rings. The van der Waals surface area contributed by atoms with Gasteiger partial charge in [0.25, 0.3) is 5.91 Å². The van der Waals surface area contributed by atoms with Gasteiger partial charge < -0.3 is 14.5 Å². The van der Waals surface area contributed by atoms with Crippen molar-refractivity contribution in [2.45, 2.75) is 40.5 Å². The summed E-state index contributed by atoms with van der Waals surface area (Å²) in [7, 11) is 0. The standard InChI is InChI=1S/C28H28N2O4/c1-5-6-13-33-28(32)22-9-7-21(8-10-22)25-12-11-24(34-25)16-23(17-29)27(31)30-26-19(3)14-18(2)15-20(26)4/h7-12,14-16H,5-6,13H2,1-4H3,(H,30,31)/b23-16+. The van der Waals surface area contributed by atoms with E-state index >= 15 is 0 Å². The Hall–Kier alpha value is -4.11. The molecule has 0 fully saturated rings. The quantitative estimate of drug-likeness (QED) is 0.184. The lowest BCUT2D eigenvalue weighted by atomic mass is 10.0. The number of hydrogen-bond donors (Lipinski definition) is 1. The van der Waals surface area contributed by atoms with Crippen molar-refractivity contribution >= 4 is 23.6 Å². The number of carbonyl (C=O) groups is 2. The van der Waals surface area contributed by atoms with Gasteiger partial charge in [-0.25, -0.2) is 4.79 Å². The number of anilines is 1. The molecule has 0 aliphatic rings. The number of ether oxygens (including phenoxy) is 1. The van der Waals surface area contributed by atoms with E-state index in [1.54, 1.807) is 36.4 Å². The predicted molar refractivity (Wildman–Crippen MR) is 132 cm³/mol. The van der Waals surface area contributed by atoms with E-state index in [1.807, 2.05) is 45.9 Å². The van der Waals surface area contributed by atoms with Crippen molar-refractivity contribution in [3.05, 3.63) is 82.1 Å². The van der Waals surface area contributed by atoms with Gasteiger partial charge in [0, 0.05) is 17.3 Å². The monoisotopic (exact) mass is 456 g/mol. The summed E-state index contributed by atoms with van der Waals surface area (Å²) in [5.41, 5.74) is 4.83. The number of furan rings is 1. The second kappa shape index (κ2) is 11.2. The number of benzene rings is 2. The molecule has 0 aliphatic carbocycles. The smallest absolute Gasteiger partial charge is 0.338 e. The molecule has 1 N–H and O–H groups in total. The molecule has 34 heavy (non-hydrogen) atoms. The van der Waals surface area contributed by atoms with Crippen LogP contribution in [0.4, 0.5) is 5.69 Å². The Bertz CT molecular complexity index is 1240. The minimum Gasteiger partial charge on any atom is -0.462 e. The van der Waals surface area contributed by atoms with E-state index in [-0.39, 0.29) is 11.5 Å². The van der Waals surface area contributed by atoms with Crippen LogP contribution >= 0.6 is 0 Å². The highest BCUT2D eigenvalue weighted by atomic mass is 16.5. The van der Waals surface area contributed by atoms with Crippen molar-refractivity contribution in [2.24, 2.45) is 0 Å². The summed E-state index contributed by atoms with van der Waals surface area (Å²) in [6, 6.07) is 16.2. The Morgan fingerprint density at radius 1 is 1.06 bits per heavy atom. The fourth-order valence-electron chi connectivity index (χ4n) is 3.60. The van der Waals surface area contributed by atoms with Gasteiger partial charge in [-0.15, -0.1) is 0 Å². The van der Waals surface area contributed by atoms with Gasteiger partial charge in [-0.2, -0.15) is 5.26 Å². The first-order chi connectivity index (χ1) is 16.3. The first-order valence-electron chi connectivity index (χ1n) is 11.2. The fourth-order valence-corrected chi connectivity index (χ4v) is 3.60. The van der Waals surface area contributed by atoms with Gasteiger partial charge in [-0.3, -0.25) is 4.79 Å². The number of nitrogens with one attached hydrogen (secondary N) is 1. The number of nitriles is 1. The van der Waals surface area contributed by atoms with Crippen molar-refractivity contribution in [1.29, 1.82) is 5.26 Å². The zero-order valence-corrected chi connectivity index (χ0v) is 19.9. The highest BCUT2D eigenvalue weighted by Gasteiger charge is 2.14. The third kappa shape index (κ3) is 6.02. The Kier molecular flexibility index (Phi) is 8.05. The average Bonchev–Trinajstić information content (AvgIpc) is 3.28.